The molecule has 0 unspecified atom stereocenters. The Morgan fingerprint density at radius 3 is 2.41 bits per heavy atom. The van der Waals surface area contributed by atoms with Gasteiger partial charge in [0.2, 0.25) is 5.91 Å². The molecule has 3 aromatic rings. The van der Waals surface area contributed by atoms with Crippen LogP contribution >= 0.6 is 0 Å². The number of amides is 1. The number of nitrogens with zero attached hydrogens (tertiary/aromatic N) is 3. The van der Waals surface area contributed by atoms with E-state index >= 15 is 0 Å². The highest BCUT2D eigenvalue weighted by Gasteiger charge is 2.41. The number of benzene rings is 2. The number of para-hydroxylation sites is 1. The van der Waals surface area contributed by atoms with Crippen LogP contribution in [0.4, 0.5) is 0 Å². The Kier molecular flexibility index (Phi) is 4.11. The van der Waals surface area contributed by atoms with Crippen LogP contribution in [-0.4, -0.2) is 26.1 Å². The number of fused-ring (bicyclic) bond motifs is 2. The van der Waals surface area contributed by atoms with E-state index in [1.807, 2.05) is 30.3 Å². The average molecular weight is 361 g/mol. The van der Waals surface area contributed by atoms with Crippen LogP contribution in [0, 0.1) is 0 Å². The molecule has 0 bridgehead atoms. The molecule has 27 heavy (non-hydrogen) atoms. The van der Waals surface area contributed by atoms with Crippen molar-refractivity contribution in [3.63, 3.8) is 0 Å². The summed E-state index contributed by atoms with van der Waals surface area (Å²) in [4.78, 5) is 44.7. The third kappa shape index (κ3) is 2.73. The second-order valence-corrected chi connectivity index (χ2v) is 6.80. The highest BCUT2D eigenvalue weighted by atomic mass is 16.2. The van der Waals surface area contributed by atoms with Crippen molar-refractivity contribution in [1.29, 1.82) is 0 Å². The number of hydrogen-bond acceptors (Lipinski definition) is 4. The standard InChI is InChI=1S/C21H19N3O3/c1-13-20(26)23(12-15-8-4-3-5-9-15)18(14(2)25)19-22-17-11-7-6-10-16(17)21(27)24(13)19/h3-11,13,18H,12H2,1-2H3/t13-,18-/m0/s1. The van der Waals surface area contributed by atoms with Gasteiger partial charge in [-0.05, 0) is 31.5 Å². The number of carbonyl (C=O) groups is 2. The molecule has 2 aromatic carbocycles. The summed E-state index contributed by atoms with van der Waals surface area (Å²) < 4.78 is 1.37. The maximum absolute atomic E-state index is 13.1. The molecule has 0 saturated heterocycles. The molecule has 1 aromatic heterocycles. The highest BCUT2D eigenvalue weighted by molar-refractivity contribution is 5.92. The van der Waals surface area contributed by atoms with Crippen LogP contribution in [0.1, 0.15) is 37.3 Å². The fourth-order valence-electron chi connectivity index (χ4n) is 3.70. The molecule has 0 spiro atoms. The average Bonchev–Trinajstić information content (AvgIpc) is 2.66. The third-order valence-electron chi connectivity index (χ3n) is 5.00. The maximum atomic E-state index is 13.1. The van der Waals surface area contributed by atoms with Gasteiger partial charge < -0.3 is 4.90 Å². The molecular weight excluding hydrogens is 342 g/mol. The normalized spacial score (nSPS) is 19.2. The van der Waals surface area contributed by atoms with Crippen LogP contribution in [0.5, 0.6) is 0 Å². The van der Waals surface area contributed by atoms with Gasteiger partial charge in [0.05, 0.1) is 10.9 Å². The first kappa shape index (κ1) is 17.1. The van der Waals surface area contributed by atoms with Crippen molar-refractivity contribution in [1.82, 2.24) is 14.5 Å². The SMILES string of the molecule is CC(=O)[C@H]1c2nc3ccccc3c(=O)n2[C@@H](C)C(=O)N1Cc1ccccc1. The van der Waals surface area contributed by atoms with Gasteiger partial charge in [-0.3, -0.25) is 19.0 Å². The van der Waals surface area contributed by atoms with E-state index in [0.29, 0.717) is 16.7 Å². The van der Waals surface area contributed by atoms with Crippen LogP contribution < -0.4 is 5.56 Å². The highest BCUT2D eigenvalue weighted by Crippen LogP contribution is 2.32. The summed E-state index contributed by atoms with van der Waals surface area (Å²) in [6.07, 6.45) is 0. The summed E-state index contributed by atoms with van der Waals surface area (Å²) in [6.45, 7) is 3.40. The van der Waals surface area contributed by atoms with E-state index in [4.69, 9.17) is 0 Å². The molecule has 4 rings (SSSR count). The van der Waals surface area contributed by atoms with Crippen LogP contribution in [0.3, 0.4) is 0 Å². The van der Waals surface area contributed by atoms with Crippen molar-refractivity contribution < 1.29 is 9.59 Å². The number of rotatable bonds is 3. The fourth-order valence-corrected chi connectivity index (χ4v) is 3.70. The van der Waals surface area contributed by atoms with Gasteiger partial charge >= 0.3 is 0 Å². The number of ketones is 1. The van der Waals surface area contributed by atoms with Crippen molar-refractivity contribution in [3.8, 4) is 0 Å². The van der Waals surface area contributed by atoms with Gasteiger partial charge in [0.1, 0.15) is 17.9 Å². The Morgan fingerprint density at radius 2 is 1.70 bits per heavy atom. The quantitative estimate of drug-likeness (QED) is 0.719. The topological polar surface area (TPSA) is 72.3 Å². The number of Topliss-reactive ketones (excluding diaryl/α,β-unsaturated/α-hetero) is 1. The molecule has 0 fully saturated rings. The van der Waals surface area contributed by atoms with Crippen LogP contribution in [0.15, 0.2) is 59.4 Å². The van der Waals surface area contributed by atoms with Gasteiger partial charge in [-0.25, -0.2) is 4.98 Å². The van der Waals surface area contributed by atoms with Crippen molar-refractivity contribution in [2.45, 2.75) is 32.5 Å². The first-order valence-electron chi connectivity index (χ1n) is 8.85. The largest absolute Gasteiger partial charge is 0.319 e. The van der Waals surface area contributed by atoms with E-state index < -0.39 is 12.1 Å². The van der Waals surface area contributed by atoms with Crippen molar-refractivity contribution >= 4 is 22.6 Å². The summed E-state index contributed by atoms with van der Waals surface area (Å²) in [5.74, 6) is -0.151. The predicted molar refractivity (Wildman–Crippen MR) is 101 cm³/mol. The van der Waals surface area contributed by atoms with Gasteiger partial charge in [0.15, 0.2) is 5.78 Å². The van der Waals surface area contributed by atoms with Gasteiger partial charge in [-0.2, -0.15) is 0 Å². The van der Waals surface area contributed by atoms with Crippen molar-refractivity contribution in [2.24, 2.45) is 0 Å². The lowest BCUT2D eigenvalue weighted by Gasteiger charge is -2.38. The monoisotopic (exact) mass is 361 g/mol. The summed E-state index contributed by atoms with van der Waals surface area (Å²) in [5.41, 5.74) is 1.16. The molecule has 1 aliphatic heterocycles. The minimum absolute atomic E-state index is 0.220. The van der Waals surface area contributed by atoms with E-state index in [0.717, 1.165) is 5.56 Å². The minimum Gasteiger partial charge on any atom is -0.319 e. The van der Waals surface area contributed by atoms with E-state index in [-0.39, 0.29) is 23.8 Å². The molecule has 0 aliphatic carbocycles. The second-order valence-electron chi connectivity index (χ2n) is 6.80. The molecule has 0 radical (unpaired) electrons. The minimum atomic E-state index is -0.883. The molecule has 2 atom stereocenters. The maximum Gasteiger partial charge on any atom is 0.262 e. The predicted octanol–water partition coefficient (Wildman–Crippen LogP) is 2.63. The molecule has 136 valence electrons. The molecular formula is C21H19N3O3. The lowest BCUT2D eigenvalue weighted by atomic mass is 10.0. The van der Waals surface area contributed by atoms with E-state index in [1.54, 1.807) is 31.2 Å². The summed E-state index contributed by atoms with van der Waals surface area (Å²) in [6, 6.07) is 14.9. The van der Waals surface area contributed by atoms with E-state index in [1.165, 1.54) is 16.4 Å². The lowest BCUT2D eigenvalue weighted by molar-refractivity contribution is -0.145. The zero-order valence-corrected chi connectivity index (χ0v) is 15.1. The summed E-state index contributed by atoms with van der Waals surface area (Å²) in [7, 11) is 0. The number of aromatic nitrogens is 2. The Balaban J connectivity index is 1.93. The van der Waals surface area contributed by atoms with Gasteiger partial charge in [0.25, 0.3) is 5.56 Å². The molecule has 1 aliphatic rings. The number of hydrogen-bond donors (Lipinski definition) is 0. The van der Waals surface area contributed by atoms with Crippen LogP contribution in [0.2, 0.25) is 0 Å². The first-order valence-corrected chi connectivity index (χ1v) is 8.85. The zero-order valence-electron chi connectivity index (χ0n) is 15.1. The Bertz CT molecular complexity index is 1100. The van der Waals surface area contributed by atoms with E-state index in [2.05, 4.69) is 4.98 Å². The van der Waals surface area contributed by atoms with Crippen LogP contribution in [-0.2, 0) is 16.1 Å². The Morgan fingerprint density at radius 1 is 1.04 bits per heavy atom. The van der Waals surface area contributed by atoms with Gasteiger partial charge in [-0.1, -0.05) is 42.5 Å². The number of carbonyl (C=O) groups excluding carboxylic acids is 2. The Hall–Kier alpha value is -3.28. The van der Waals surface area contributed by atoms with Gasteiger partial charge in [-0.15, -0.1) is 0 Å². The summed E-state index contributed by atoms with van der Waals surface area (Å²) >= 11 is 0. The molecule has 0 N–H and O–H groups in total. The van der Waals surface area contributed by atoms with Gasteiger partial charge in [0, 0.05) is 6.54 Å². The molecule has 6 nitrogen and oxygen atoms in total. The smallest absolute Gasteiger partial charge is 0.262 e. The third-order valence-corrected chi connectivity index (χ3v) is 5.00. The zero-order chi connectivity index (χ0) is 19.1. The van der Waals surface area contributed by atoms with Crippen LogP contribution in [0.25, 0.3) is 10.9 Å². The first-order chi connectivity index (χ1) is 13.0. The fraction of sp³-hybridized carbons (Fsp3) is 0.238. The summed E-state index contributed by atoms with van der Waals surface area (Å²) in [5, 5.41) is 0.444. The van der Waals surface area contributed by atoms with Crippen molar-refractivity contribution in [3.05, 3.63) is 76.3 Å². The second kappa shape index (κ2) is 6.46. The molecule has 6 heteroatoms. The van der Waals surface area contributed by atoms with Crippen molar-refractivity contribution in [2.75, 3.05) is 0 Å². The molecule has 1 amide bonds. The Labute approximate surface area is 156 Å². The molecule has 2 heterocycles. The molecule has 0 saturated carbocycles. The van der Waals surface area contributed by atoms with E-state index in [9.17, 15) is 14.4 Å². The lowest BCUT2D eigenvalue weighted by Crippen LogP contribution is -2.50.